The summed E-state index contributed by atoms with van der Waals surface area (Å²) in [6.07, 6.45) is 3.19. The molecule has 6 nitrogen and oxygen atoms in total. The minimum absolute atomic E-state index is 0.136. The number of ketones is 1. The molecule has 0 amide bonds. The van der Waals surface area contributed by atoms with Crippen molar-refractivity contribution in [2.24, 2.45) is 0 Å². The van der Waals surface area contributed by atoms with Gasteiger partial charge in [-0.3, -0.25) is 9.10 Å². The van der Waals surface area contributed by atoms with Crippen LogP contribution in [0.4, 0.5) is 5.82 Å². The van der Waals surface area contributed by atoms with Gasteiger partial charge in [-0.25, -0.2) is 18.4 Å². The quantitative estimate of drug-likeness (QED) is 0.616. The molecular weight excluding hydrogens is 322 g/mol. The van der Waals surface area contributed by atoms with Crippen LogP contribution in [0.15, 0.2) is 41.7 Å². The van der Waals surface area contributed by atoms with Gasteiger partial charge in [0.2, 0.25) is 0 Å². The fourth-order valence-electron chi connectivity index (χ4n) is 2.38. The van der Waals surface area contributed by atoms with E-state index in [0.29, 0.717) is 10.7 Å². The fourth-order valence-corrected chi connectivity index (χ4v) is 4.31. The van der Waals surface area contributed by atoms with Crippen molar-refractivity contribution < 1.29 is 13.2 Å². The summed E-state index contributed by atoms with van der Waals surface area (Å²) in [7, 11) is -2.45. The maximum atomic E-state index is 12.7. The fraction of sp³-hybridized carbons (Fsp3) is 0.214. The van der Waals surface area contributed by atoms with E-state index in [4.69, 9.17) is 0 Å². The first-order chi connectivity index (χ1) is 10.5. The van der Waals surface area contributed by atoms with Gasteiger partial charge in [0.1, 0.15) is 0 Å². The molecule has 0 spiro atoms. The number of carbonyl (C=O) groups excluding carboxylic acids is 1. The number of sulfonamides is 1. The van der Waals surface area contributed by atoms with Crippen LogP contribution < -0.4 is 4.31 Å². The van der Waals surface area contributed by atoms with Gasteiger partial charge in [-0.15, -0.1) is 0 Å². The summed E-state index contributed by atoms with van der Waals surface area (Å²) in [5, 5.41) is -0.832. The Morgan fingerprint density at radius 1 is 1.23 bits per heavy atom. The molecule has 1 unspecified atom stereocenters. The van der Waals surface area contributed by atoms with E-state index in [1.165, 1.54) is 25.0 Å². The molecule has 0 fully saturated rings. The second-order valence-corrected chi connectivity index (χ2v) is 7.58. The van der Waals surface area contributed by atoms with E-state index in [9.17, 15) is 13.2 Å². The van der Waals surface area contributed by atoms with Crippen LogP contribution in [0.5, 0.6) is 0 Å². The normalized spacial score (nSPS) is 19.8. The van der Waals surface area contributed by atoms with Crippen LogP contribution in [0.2, 0.25) is 0 Å². The SMILES string of the molecule is CSc1ncc2c(n1)N(C)S(=O)(=O)C(c1ccccc1)C2=O. The highest BCUT2D eigenvalue weighted by Gasteiger charge is 2.45. The number of benzene rings is 1. The summed E-state index contributed by atoms with van der Waals surface area (Å²) in [5.41, 5.74) is 0.669. The Balaban J connectivity index is 2.22. The molecule has 22 heavy (non-hydrogen) atoms. The van der Waals surface area contributed by atoms with E-state index in [-0.39, 0.29) is 11.4 Å². The molecule has 2 aromatic rings. The molecule has 1 aliphatic rings. The zero-order valence-electron chi connectivity index (χ0n) is 11.9. The molecule has 0 aliphatic carbocycles. The number of carbonyl (C=O) groups is 1. The number of hydrogen-bond donors (Lipinski definition) is 0. The van der Waals surface area contributed by atoms with Crippen LogP contribution in [0.25, 0.3) is 0 Å². The van der Waals surface area contributed by atoms with Gasteiger partial charge in [-0.2, -0.15) is 0 Å². The third-order valence-corrected chi connectivity index (χ3v) is 6.09. The van der Waals surface area contributed by atoms with Crippen molar-refractivity contribution in [1.82, 2.24) is 9.97 Å². The van der Waals surface area contributed by atoms with Gasteiger partial charge in [0.25, 0.3) is 10.0 Å². The molecule has 114 valence electrons. The smallest absolute Gasteiger partial charge is 0.250 e. The van der Waals surface area contributed by atoms with Gasteiger partial charge in [0.15, 0.2) is 22.0 Å². The zero-order chi connectivity index (χ0) is 15.9. The highest BCUT2D eigenvalue weighted by atomic mass is 32.2. The number of thioether (sulfide) groups is 1. The molecule has 0 radical (unpaired) electrons. The zero-order valence-corrected chi connectivity index (χ0v) is 13.6. The summed E-state index contributed by atoms with van der Waals surface area (Å²) in [6.45, 7) is 0. The summed E-state index contributed by atoms with van der Waals surface area (Å²) >= 11 is 1.29. The number of hydrogen-bond acceptors (Lipinski definition) is 6. The van der Waals surface area contributed by atoms with Crippen LogP contribution in [0.3, 0.4) is 0 Å². The van der Waals surface area contributed by atoms with Crippen molar-refractivity contribution in [2.75, 3.05) is 17.6 Å². The summed E-state index contributed by atoms with van der Waals surface area (Å²) in [6, 6.07) is 8.46. The third-order valence-electron chi connectivity index (χ3n) is 3.51. The lowest BCUT2D eigenvalue weighted by atomic mass is 10.0. The molecule has 0 saturated heterocycles. The van der Waals surface area contributed by atoms with Crippen molar-refractivity contribution >= 4 is 33.4 Å². The Morgan fingerprint density at radius 2 is 1.91 bits per heavy atom. The van der Waals surface area contributed by atoms with Crippen LogP contribution in [-0.2, 0) is 10.0 Å². The second-order valence-electron chi connectivity index (χ2n) is 4.76. The Morgan fingerprint density at radius 3 is 2.55 bits per heavy atom. The average molecular weight is 335 g/mol. The highest BCUT2D eigenvalue weighted by molar-refractivity contribution is 7.98. The molecule has 1 atom stereocenters. The van der Waals surface area contributed by atoms with Gasteiger partial charge < -0.3 is 0 Å². The first-order valence-electron chi connectivity index (χ1n) is 6.44. The highest BCUT2D eigenvalue weighted by Crippen LogP contribution is 2.38. The molecule has 0 bridgehead atoms. The van der Waals surface area contributed by atoms with Gasteiger partial charge in [-0.1, -0.05) is 42.1 Å². The maximum Gasteiger partial charge on any atom is 0.250 e. The first kappa shape index (κ1) is 15.0. The molecule has 1 aliphatic heterocycles. The molecule has 3 rings (SSSR count). The van der Waals surface area contributed by atoms with Crippen molar-refractivity contribution in [1.29, 1.82) is 0 Å². The van der Waals surface area contributed by atoms with E-state index in [0.717, 1.165) is 4.31 Å². The third kappa shape index (κ3) is 2.19. The molecule has 8 heteroatoms. The number of aromatic nitrogens is 2. The Bertz CT molecular complexity index is 838. The van der Waals surface area contributed by atoms with Crippen LogP contribution in [0, 0.1) is 0 Å². The van der Waals surface area contributed by atoms with Gasteiger partial charge in [0.05, 0.1) is 5.56 Å². The number of Topliss-reactive ketones (excluding diaryl/α,β-unsaturated/α-hetero) is 1. The second kappa shape index (κ2) is 5.36. The van der Waals surface area contributed by atoms with Crippen molar-refractivity contribution in [3.8, 4) is 0 Å². The van der Waals surface area contributed by atoms with E-state index >= 15 is 0 Å². The van der Waals surface area contributed by atoms with E-state index in [1.807, 2.05) is 0 Å². The molecule has 1 aromatic carbocycles. The lowest BCUT2D eigenvalue weighted by Gasteiger charge is -2.30. The van der Waals surface area contributed by atoms with Crippen LogP contribution in [-0.4, -0.2) is 37.5 Å². The van der Waals surface area contributed by atoms with Gasteiger partial charge >= 0.3 is 0 Å². The number of nitrogens with zero attached hydrogens (tertiary/aromatic N) is 3. The molecule has 0 N–H and O–H groups in total. The number of fused-ring (bicyclic) bond motifs is 1. The summed E-state index contributed by atoms with van der Waals surface area (Å²) in [4.78, 5) is 20.9. The van der Waals surface area contributed by atoms with E-state index in [2.05, 4.69) is 9.97 Å². The van der Waals surface area contributed by atoms with Gasteiger partial charge in [0, 0.05) is 13.2 Å². The largest absolute Gasteiger partial charge is 0.292 e. The Kier molecular flexibility index (Phi) is 3.65. The van der Waals surface area contributed by atoms with Crippen LogP contribution >= 0.6 is 11.8 Å². The van der Waals surface area contributed by atoms with E-state index in [1.54, 1.807) is 36.6 Å². The topological polar surface area (TPSA) is 80.2 Å². The minimum atomic E-state index is -3.86. The lowest BCUT2D eigenvalue weighted by Crippen LogP contribution is -2.41. The number of rotatable bonds is 2. The van der Waals surface area contributed by atoms with E-state index < -0.39 is 21.1 Å². The Hall–Kier alpha value is -1.93. The number of anilines is 1. The monoisotopic (exact) mass is 335 g/mol. The first-order valence-corrected chi connectivity index (χ1v) is 9.17. The molecular formula is C14H13N3O3S2. The summed E-state index contributed by atoms with van der Waals surface area (Å²) in [5.74, 6) is -0.358. The van der Waals surface area contributed by atoms with Crippen LogP contribution in [0.1, 0.15) is 21.2 Å². The predicted molar refractivity (Wildman–Crippen MR) is 84.6 cm³/mol. The minimum Gasteiger partial charge on any atom is -0.292 e. The Labute approximate surface area is 132 Å². The molecule has 2 heterocycles. The van der Waals surface area contributed by atoms with Gasteiger partial charge in [-0.05, 0) is 11.8 Å². The average Bonchev–Trinajstić information content (AvgIpc) is 2.53. The lowest BCUT2D eigenvalue weighted by molar-refractivity contribution is 0.0984. The molecule has 0 saturated carbocycles. The summed E-state index contributed by atoms with van der Waals surface area (Å²) < 4.78 is 26.5. The van der Waals surface area contributed by atoms with Crippen molar-refractivity contribution in [3.63, 3.8) is 0 Å². The standard InChI is InChI=1S/C14H13N3O3S2/c1-17-13-10(8-15-14(16-13)21-2)11(18)12(22(17,19)20)9-6-4-3-5-7-9/h3-8,12H,1-2H3. The predicted octanol–water partition coefficient (Wildman–Crippen LogP) is 1.90. The van der Waals surface area contributed by atoms with Crippen molar-refractivity contribution in [3.05, 3.63) is 47.7 Å². The maximum absolute atomic E-state index is 12.7. The van der Waals surface area contributed by atoms with Crippen molar-refractivity contribution in [2.45, 2.75) is 10.4 Å². The molecule has 1 aromatic heterocycles.